The Kier molecular flexibility index (Phi) is 13.4. The summed E-state index contributed by atoms with van der Waals surface area (Å²) in [6.45, 7) is 0. The Balaban J connectivity index is 4.55. The van der Waals surface area contributed by atoms with Gasteiger partial charge in [-0.2, -0.15) is 4.31 Å². The van der Waals surface area contributed by atoms with Crippen molar-refractivity contribution in [2.75, 3.05) is 0 Å². The van der Waals surface area contributed by atoms with Gasteiger partial charge in [-0.25, -0.2) is 36.3 Å². The highest BCUT2D eigenvalue weighted by Crippen LogP contribution is 2.75. The van der Waals surface area contributed by atoms with Crippen molar-refractivity contribution in [3.05, 3.63) is 0 Å². The lowest BCUT2D eigenvalue weighted by Crippen LogP contribution is -2.72. The number of aliphatic hydroxyl groups excluding tert-OH is 1. The second-order valence-corrected chi connectivity index (χ2v) is 18.5. The zero-order valence-corrected chi connectivity index (χ0v) is 27.0. The molecule has 0 radical (unpaired) electrons. The van der Waals surface area contributed by atoms with Gasteiger partial charge < -0.3 is 73.6 Å². The van der Waals surface area contributed by atoms with Crippen LogP contribution in [0, 0.1) is 0 Å². The van der Waals surface area contributed by atoms with Gasteiger partial charge in [0.2, 0.25) is 5.34 Å². The van der Waals surface area contributed by atoms with Gasteiger partial charge in [-0.1, -0.05) is 0 Å². The first-order chi connectivity index (χ1) is 18.9. The molecular weight excluding hydrogens is 800 g/mol. The van der Waals surface area contributed by atoms with Gasteiger partial charge in [-0.3, -0.25) is 27.2 Å². The molecule has 0 aromatic heterocycles. The molecule has 1 aliphatic carbocycles. The summed E-state index contributed by atoms with van der Waals surface area (Å²) < 4.78 is 122. The number of hydrogen-bond acceptors (Lipinski definition) is 16. The predicted molar refractivity (Wildman–Crippen MR) is 123 cm³/mol. The fourth-order valence-electron chi connectivity index (χ4n) is 3.32. The van der Waals surface area contributed by atoms with E-state index in [1.54, 1.807) is 0 Å². The molecular formula is C6H20O30P8. The SMILES string of the molecule is O=P(O)(O)OC1C(OP(=O)(O)O)C(O)C(OP(=O)(O)OP(=O)(O)O)(P(=O)(O)OP(=O)(O)O)C(OP(=O)(O)O)C1OP(=O)(O)O. The number of aliphatic hydroxyl groups is 1. The molecule has 1 saturated carbocycles. The molecule has 0 aromatic rings. The molecule has 1 fully saturated rings. The maximum atomic E-state index is 13.3. The molecule has 15 N–H and O–H groups in total. The van der Waals surface area contributed by atoms with Crippen LogP contribution in [0.4, 0.5) is 0 Å². The van der Waals surface area contributed by atoms with Gasteiger partial charge in [-0.15, -0.1) is 0 Å². The highest BCUT2D eigenvalue weighted by atomic mass is 31.3. The minimum absolute atomic E-state index is 3.25. The Bertz CT molecular complexity index is 1430. The molecule has 0 amide bonds. The van der Waals surface area contributed by atoms with Crippen molar-refractivity contribution in [1.82, 2.24) is 0 Å². The predicted octanol–water partition coefficient (Wildman–Crippen LogP) is -3.51. The smallest absolute Gasteiger partial charge is 0.386 e. The van der Waals surface area contributed by atoms with Crippen LogP contribution in [-0.4, -0.2) is 109 Å². The van der Waals surface area contributed by atoms with Gasteiger partial charge in [0, 0.05) is 0 Å². The highest BCUT2D eigenvalue weighted by molar-refractivity contribution is 7.65. The Labute approximate surface area is 240 Å². The Morgan fingerprint density at radius 2 is 0.773 bits per heavy atom. The molecule has 0 bridgehead atoms. The first kappa shape index (κ1) is 43.0. The molecule has 44 heavy (non-hydrogen) atoms. The molecule has 1 aliphatic rings. The van der Waals surface area contributed by atoms with Gasteiger partial charge in [0.15, 0.2) is 0 Å². The largest absolute Gasteiger partial charge is 0.482 e. The van der Waals surface area contributed by atoms with E-state index in [1.165, 1.54) is 0 Å². The molecule has 0 spiro atoms. The van der Waals surface area contributed by atoms with E-state index in [9.17, 15) is 90.6 Å². The van der Waals surface area contributed by atoms with E-state index in [0.29, 0.717) is 0 Å². The monoisotopic (exact) mass is 820 g/mol. The highest BCUT2D eigenvalue weighted by Gasteiger charge is 2.77. The van der Waals surface area contributed by atoms with E-state index < -0.39 is 98.2 Å². The van der Waals surface area contributed by atoms with Crippen molar-refractivity contribution in [2.24, 2.45) is 0 Å². The third kappa shape index (κ3) is 13.1. The number of rotatable bonds is 15. The topological polar surface area (TPSA) is 505 Å². The van der Waals surface area contributed by atoms with Crippen LogP contribution in [0.2, 0.25) is 0 Å². The van der Waals surface area contributed by atoms with E-state index in [0.717, 1.165) is 0 Å². The van der Waals surface area contributed by atoms with Crippen LogP contribution in [0.3, 0.4) is 0 Å². The van der Waals surface area contributed by atoms with Crippen LogP contribution in [-0.2, 0) is 67.8 Å². The maximum Gasteiger partial charge on any atom is 0.482 e. The van der Waals surface area contributed by atoms with Crippen LogP contribution in [0.15, 0.2) is 0 Å². The van der Waals surface area contributed by atoms with Crippen LogP contribution in [0.1, 0.15) is 0 Å². The summed E-state index contributed by atoms with van der Waals surface area (Å²) in [5.74, 6) is 0. The molecule has 0 saturated heterocycles. The molecule has 1 rings (SSSR count). The van der Waals surface area contributed by atoms with Crippen LogP contribution < -0.4 is 0 Å². The lowest BCUT2D eigenvalue weighted by atomic mass is 9.84. The van der Waals surface area contributed by atoms with E-state index >= 15 is 0 Å². The first-order valence-corrected chi connectivity index (χ1v) is 21.7. The van der Waals surface area contributed by atoms with E-state index in [2.05, 4.69) is 31.2 Å². The summed E-state index contributed by atoms with van der Waals surface area (Å²) in [6.07, 6.45) is -19.6. The zero-order chi connectivity index (χ0) is 35.3. The quantitative estimate of drug-likeness (QED) is 0.0712. The van der Waals surface area contributed by atoms with E-state index in [-0.39, 0.29) is 0 Å². The molecule has 0 heterocycles. The normalized spacial score (nSPS) is 30.8. The van der Waals surface area contributed by atoms with Crippen molar-refractivity contribution < 1.29 is 141 Å². The molecule has 30 nitrogen and oxygen atoms in total. The maximum absolute atomic E-state index is 13.3. The van der Waals surface area contributed by atoms with Crippen LogP contribution in [0.25, 0.3) is 0 Å². The van der Waals surface area contributed by atoms with Gasteiger partial charge in [0.25, 0.3) is 0 Å². The Hall–Kier alpha value is 0.960. The second-order valence-electron chi connectivity index (χ2n) is 7.62. The molecule has 38 heteroatoms. The average molecular weight is 820 g/mol. The number of phosphoric acid groups is 7. The lowest BCUT2D eigenvalue weighted by Gasteiger charge is -2.53. The summed E-state index contributed by atoms with van der Waals surface area (Å²) in [4.78, 5) is 131. The summed E-state index contributed by atoms with van der Waals surface area (Å²) in [7, 11) is -53.4. The van der Waals surface area contributed by atoms with E-state index in [4.69, 9.17) is 19.6 Å². The molecule has 0 aromatic carbocycles. The minimum Gasteiger partial charge on any atom is -0.386 e. The Morgan fingerprint density at radius 1 is 0.432 bits per heavy atom. The molecule has 8 unspecified atom stereocenters. The minimum atomic E-state index is -7.45. The van der Waals surface area contributed by atoms with Gasteiger partial charge in [-0.05, 0) is 0 Å². The van der Waals surface area contributed by atoms with Crippen molar-refractivity contribution in [3.8, 4) is 0 Å². The van der Waals surface area contributed by atoms with Gasteiger partial charge in [0.1, 0.15) is 30.5 Å². The molecule has 8 atom stereocenters. The fraction of sp³-hybridized carbons (Fsp3) is 1.00. The average Bonchev–Trinajstić information content (AvgIpc) is 2.63. The number of hydrogen-bond donors (Lipinski definition) is 15. The number of phosphoric ester groups is 5. The van der Waals surface area contributed by atoms with Crippen molar-refractivity contribution in [1.29, 1.82) is 0 Å². The third-order valence-corrected chi connectivity index (χ3v) is 11.9. The first-order valence-electron chi connectivity index (χ1n) is 9.44. The Morgan fingerprint density at radius 3 is 1.11 bits per heavy atom. The van der Waals surface area contributed by atoms with Crippen molar-refractivity contribution in [2.45, 2.75) is 35.9 Å². The standard InChI is InChI=1S/C6H20O30P8/c7-4-2(31-39(13,14)15)1(30-38(10,11)12)3(32-40(16,17)18)5(33-41(19,20)21)6(4,37(8,9)35-42(22,23)24)34-44(28,29)36-43(25,26)27/h1-5,7H,(H,8,9)(H,28,29)(H2,10,11,12)(H2,13,14,15)(H2,16,17,18)(H2,19,20,21)(H2,22,23,24)(H2,25,26,27). The van der Waals surface area contributed by atoms with E-state index in [1.807, 2.05) is 0 Å². The summed E-state index contributed by atoms with van der Waals surface area (Å²) in [5.41, 5.74) is 0. The zero-order valence-electron chi connectivity index (χ0n) is 19.8. The molecule has 264 valence electrons. The lowest BCUT2D eigenvalue weighted by molar-refractivity contribution is -0.225. The van der Waals surface area contributed by atoms with Crippen LogP contribution in [0.5, 0.6) is 0 Å². The van der Waals surface area contributed by atoms with Gasteiger partial charge in [0.05, 0.1) is 0 Å². The summed E-state index contributed by atoms with van der Waals surface area (Å²) in [5, 5.41) is 5.67. The van der Waals surface area contributed by atoms with Crippen molar-refractivity contribution >= 4 is 62.4 Å². The second kappa shape index (κ2) is 13.7. The fourth-order valence-corrected chi connectivity index (χ4v) is 10.8. The third-order valence-electron chi connectivity index (χ3n) is 4.25. The van der Waals surface area contributed by atoms with Crippen molar-refractivity contribution in [3.63, 3.8) is 0 Å². The van der Waals surface area contributed by atoms with Crippen LogP contribution >= 0.6 is 62.4 Å². The summed E-state index contributed by atoms with van der Waals surface area (Å²) >= 11 is 0. The molecule has 0 aliphatic heterocycles. The van der Waals surface area contributed by atoms with Gasteiger partial charge >= 0.3 is 62.4 Å². The summed E-state index contributed by atoms with van der Waals surface area (Å²) in [6, 6.07) is 0.